The summed E-state index contributed by atoms with van der Waals surface area (Å²) in [4.78, 5) is 32.3. The van der Waals surface area contributed by atoms with Gasteiger partial charge in [0.05, 0.1) is 11.9 Å². The Morgan fingerprint density at radius 2 is 1.71 bits per heavy atom. The quantitative estimate of drug-likeness (QED) is 0.455. The van der Waals surface area contributed by atoms with Crippen LogP contribution in [0.25, 0.3) is 0 Å². The summed E-state index contributed by atoms with van der Waals surface area (Å²) < 4.78 is 16.8. The first-order valence-electron chi connectivity index (χ1n) is 13.3. The van der Waals surface area contributed by atoms with Crippen LogP contribution < -0.4 is 10.2 Å². The zero-order chi connectivity index (χ0) is 27.2. The monoisotopic (exact) mass is 520 g/mol. The molecule has 0 saturated carbocycles. The molecule has 3 aromatic rings. The lowest BCUT2D eigenvalue weighted by Crippen LogP contribution is -2.51. The fraction of sp³-hybridized carbons (Fsp3) is 0.414. The summed E-state index contributed by atoms with van der Waals surface area (Å²) in [6.07, 6.45) is 1.65. The molecule has 1 aromatic heterocycles. The van der Waals surface area contributed by atoms with Crippen LogP contribution in [-0.2, 0) is 11.3 Å². The maximum absolute atomic E-state index is 15.2. The number of nitrogens with zero attached hydrogens (tertiary/aromatic N) is 5. The second-order valence-corrected chi connectivity index (χ2v) is 9.46. The maximum atomic E-state index is 15.2. The van der Waals surface area contributed by atoms with Crippen molar-refractivity contribution in [1.29, 1.82) is 0 Å². The van der Waals surface area contributed by atoms with Gasteiger partial charge in [0.1, 0.15) is 17.6 Å². The Kier molecular flexibility index (Phi) is 8.78. The Balaban J connectivity index is 1.45. The van der Waals surface area contributed by atoms with E-state index in [0.717, 1.165) is 11.1 Å². The molecule has 1 fully saturated rings. The highest BCUT2D eigenvalue weighted by molar-refractivity contribution is 6.04. The Morgan fingerprint density at radius 1 is 1.03 bits per heavy atom. The number of aryl methyl sites for hydroxylation is 2. The van der Waals surface area contributed by atoms with E-state index >= 15 is 4.39 Å². The summed E-state index contributed by atoms with van der Waals surface area (Å²) >= 11 is 0. The standard InChI is InChI=1S/C29H37FN6O2/c1-5-33(6-2)29(38)27(22-11-9-8-10-12-22)35-17-15-34(16-18-35)25-14-13-23(19-24(25)30)32-28(37)26-21(4)20-31-36(26)7-3/h8-14,19-20,27H,5-7,15-18H2,1-4H3,(H,32,37). The number of hydrogen-bond acceptors (Lipinski definition) is 5. The molecule has 1 N–H and O–H groups in total. The van der Waals surface area contributed by atoms with Crippen LogP contribution in [-0.4, -0.2) is 70.7 Å². The molecule has 4 rings (SSSR count). The number of rotatable bonds is 9. The van der Waals surface area contributed by atoms with Crippen molar-refractivity contribution in [1.82, 2.24) is 19.6 Å². The third-order valence-electron chi connectivity index (χ3n) is 7.19. The summed E-state index contributed by atoms with van der Waals surface area (Å²) in [6, 6.07) is 14.3. The molecule has 8 nitrogen and oxygen atoms in total. The second kappa shape index (κ2) is 12.2. The van der Waals surface area contributed by atoms with Crippen molar-refractivity contribution in [2.24, 2.45) is 0 Å². The van der Waals surface area contributed by atoms with Crippen LogP contribution in [0.3, 0.4) is 0 Å². The van der Waals surface area contributed by atoms with E-state index in [1.165, 1.54) is 6.07 Å². The van der Waals surface area contributed by atoms with E-state index < -0.39 is 5.82 Å². The molecule has 1 aliphatic heterocycles. The van der Waals surface area contributed by atoms with Gasteiger partial charge in [-0.3, -0.25) is 19.2 Å². The molecule has 38 heavy (non-hydrogen) atoms. The van der Waals surface area contributed by atoms with E-state index in [0.29, 0.717) is 62.9 Å². The molecule has 1 unspecified atom stereocenters. The van der Waals surface area contributed by atoms with Crippen molar-refractivity contribution < 1.29 is 14.0 Å². The molecule has 9 heteroatoms. The van der Waals surface area contributed by atoms with Gasteiger partial charge in [0.2, 0.25) is 5.91 Å². The Bertz CT molecular complexity index is 1250. The second-order valence-electron chi connectivity index (χ2n) is 9.46. The van der Waals surface area contributed by atoms with Crippen LogP contribution >= 0.6 is 0 Å². The first-order chi connectivity index (χ1) is 18.4. The molecule has 2 amide bonds. The lowest BCUT2D eigenvalue weighted by atomic mass is 10.0. The van der Waals surface area contributed by atoms with Gasteiger partial charge in [0, 0.05) is 51.5 Å². The van der Waals surface area contributed by atoms with Gasteiger partial charge in [-0.25, -0.2) is 4.39 Å². The number of carbonyl (C=O) groups is 2. The largest absolute Gasteiger partial charge is 0.367 e. The molecular weight excluding hydrogens is 483 g/mol. The topological polar surface area (TPSA) is 73.7 Å². The molecule has 0 spiro atoms. The third kappa shape index (κ3) is 5.72. The average molecular weight is 521 g/mol. The molecule has 1 saturated heterocycles. The summed E-state index contributed by atoms with van der Waals surface area (Å²) in [5.74, 6) is -0.608. The predicted octanol–water partition coefficient (Wildman–Crippen LogP) is 4.33. The van der Waals surface area contributed by atoms with Crippen LogP contribution in [0, 0.1) is 12.7 Å². The number of hydrogen-bond donors (Lipinski definition) is 1. The van der Waals surface area contributed by atoms with Crippen molar-refractivity contribution in [2.75, 3.05) is 49.5 Å². The Labute approximate surface area is 224 Å². The SMILES string of the molecule is CCN(CC)C(=O)C(c1ccccc1)N1CCN(c2ccc(NC(=O)c3c(C)cnn3CC)cc2F)CC1. The summed E-state index contributed by atoms with van der Waals surface area (Å²) in [6.45, 7) is 12.1. The minimum atomic E-state index is -0.393. The molecule has 0 radical (unpaired) electrons. The van der Waals surface area contributed by atoms with Gasteiger partial charge in [-0.1, -0.05) is 30.3 Å². The van der Waals surface area contributed by atoms with Crippen LogP contribution in [0.15, 0.2) is 54.7 Å². The third-order valence-corrected chi connectivity index (χ3v) is 7.19. The highest BCUT2D eigenvalue weighted by Crippen LogP contribution is 2.29. The smallest absolute Gasteiger partial charge is 0.274 e. The van der Waals surface area contributed by atoms with E-state index in [2.05, 4.69) is 15.3 Å². The first-order valence-corrected chi connectivity index (χ1v) is 13.3. The number of nitrogens with one attached hydrogen (secondary N) is 1. The fourth-order valence-electron chi connectivity index (χ4n) is 5.12. The van der Waals surface area contributed by atoms with Crippen molar-refractivity contribution >= 4 is 23.2 Å². The van der Waals surface area contributed by atoms with Gasteiger partial charge in [-0.05, 0) is 57.0 Å². The highest BCUT2D eigenvalue weighted by atomic mass is 19.1. The number of piperazine rings is 1. The zero-order valence-corrected chi connectivity index (χ0v) is 22.7. The Morgan fingerprint density at radius 3 is 2.32 bits per heavy atom. The highest BCUT2D eigenvalue weighted by Gasteiger charge is 2.33. The minimum Gasteiger partial charge on any atom is -0.367 e. The lowest BCUT2D eigenvalue weighted by Gasteiger charge is -2.41. The van der Waals surface area contributed by atoms with Crippen molar-refractivity contribution in [3.05, 3.63) is 77.4 Å². The summed E-state index contributed by atoms with van der Waals surface area (Å²) in [7, 11) is 0. The normalized spacial score (nSPS) is 14.8. The number of amides is 2. The first kappa shape index (κ1) is 27.3. The van der Waals surface area contributed by atoms with Gasteiger partial charge in [0.15, 0.2) is 0 Å². The van der Waals surface area contributed by atoms with Gasteiger partial charge in [0.25, 0.3) is 5.91 Å². The van der Waals surface area contributed by atoms with Crippen molar-refractivity contribution in [3.8, 4) is 0 Å². The van der Waals surface area contributed by atoms with E-state index in [9.17, 15) is 9.59 Å². The van der Waals surface area contributed by atoms with E-state index in [1.54, 1.807) is 23.0 Å². The van der Waals surface area contributed by atoms with Gasteiger partial charge >= 0.3 is 0 Å². The van der Waals surface area contributed by atoms with E-state index in [1.807, 2.05) is 67.8 Å². The number of aromatic nitrogens is 2. The fourth-order valence-corrected chi connectivity index (χ4v) is 5.12. The van der Waals surface area contributed by atoms with Crippen molar-refractivity contribution in [3.63, 3.8) is 0 Å². The number of benzene rings is 2. The number of carbonyl (C=O) groups excluding carboxylic acids is 2. The number of halogens is 1. The summed E-state index contributed by atoms with van der Waals surface area (Å²) in [5, 5.41) is 7.00. The van der Waals surface area contributed by atoms with E-state index in [4.69, 9.17) is 0 Å². The average Bonchev–Trinajstić information content (AvgIpc) is 3.31. The lowest BCUT2D eigenvalue weighted by molar-refractivity contribution is -0.137. The van der Waals surface area contributed by atoms with E-state index in [-0.39, 0.29) is 17.9 Å². The number of likely N-dealkylation sites (N-methyl/N-ethyl adjacent to an activating group) is 1. The molecule has 0 aliphatic carbocycles. The van der Waals surface area contributed by atoms with Crippen molar-refractivity contribution in [2.45, 2.75) is 40.3 Å². The summed E-state index contributed by atoms with van der Waals surface area (Å²) in [5.41, 5.74) is 3.10. The molecule has 2 aromatic carbocycles. The molecule has 1 aliphatic rings. The Hall–Kier alpha value is -3.72. The maximum Gasteiger partial charge on any atom is 0.274 e. The molecule has 0 bridgehead atoms. The van der Waals surface area contributed by atoms with Gasteiger partial charge in [-0.15, -0.1) is 0 Å². The predicted molar refractivity (Wildman–Crippen MR) is 148 cm³/mol. The van der Waals surface area contributed by atoms with Crippen LogP contribution in [0.2, 0.25) is 0 Å². The molecule has 202 valence electrons. The minimum absolute atomic E-state index is 0.0978. The zero-order valence-electron chi connectivity index (χ0n) is 22.7. The molecule has 1 atom stereocenters. The molecule has 2 heterocycles. The van der Waals surface area contributed by atoms with Crippen LogP contribution in [0.4, 0.5) is 15.8 Å². The van der Waals surface area contributed by atoms with Gasteiger partial charge < -0.3 is 15.1 Å². The van der Waals surface area contributed by atoms with Crippen LogP contribution in [0.1, 0.15) is 48.4 Å². The van der Waals surface area contributed by atoms with Crippen LogP contribution in [0.5, 0.6) is 0 Å². The number of anilines is 2. The van der Waals surface area contributed by atoms with Gasteiger partial charge in [-0.2, -0.15) is 5.10 Å². The molecular formula is C29H37FN6O2.